The van der Waals surface area contributed by atoms with Crippen LogP contribution in [0, 0.1) is 11.8 Å². The summed E-state index contributed by atoms with van der Waals surface area (Å²) in [5.74, 6) is 0.104. The first-order valence-electron chi connectivity index (χ1n) is 14.0. The van der Waals surface area contributed by atoms with Gasteiger partial charge in [0.2, 0.25) is 0 Å². The minimum atomic E-state index is -5.80. The van der Waals surface area contributed by atoms with Crippen molar-refractivity contribution in [2.75, 3.05) is 11.5 Å². The topological polar surface area (TPSA) is 201 Å². The average molecular weight is 693 g/mol. The van der Waals surface area contributed by atoms with Gasteiger partial charge in [0, 0.05) is 11.8 Å². The van der Waals surface area contributed by atoms with E-state index >= 15 is 0 Å². The summed E-state index contributed by atoms with van der Waals surface area (Å²) < 4.78 is 80.7. The van der Waals surface area contributed by atoms with Gasteiger partial charge in [-0.1, -0.05) is 35.1 Å². The van der Waals surface area contributed by atoms with Crippen LogP contribution in [-0.4, -0.2) is 76.7 Å². The van der Waals surface area contributed by atoms with Gasteiger partial charge < -0.3 is 20.9 Å². The van der Waals surface area contributed by atoms with Crippen LogP contribution in [0.1, 0.15) is 60.4 Å². The van der Waals surface area contributed by atoms with Crippen LogP contribution in [0.2, 0.25) is 0 Å². The van der Waals surface area contributed by atoms with Gasteiger partial charge in [-0.05, 0) is 12.8 Å². The summed E-state index contributed by atoms with van der Waals surface area (Å²) in [4.78, 5) is 24.2. The summed E-state index contributed by atoms with van der Waals surface area (Å²) in [5, 5.41) is -0.112. The molecule has 0 unspecified atom stereocenters. The number of nitrogens with zero attached hydrogens (tertiary/aromatic N) is 8. The number of imidazole rings is 2. The van der Waals surface area contributed by atoms with Crippen LogP contribution < -0.4 is 11.5 Å². The Bertz CT molecular complexity index is 1770. The summed E-state index contributed by atoms with van der Waals surface area (Å²) in [6.07, 6.45) is 3.68. The summed E-state index contributed by atoms with van der Waals surface area (Å²) in [6.45, 7) is 7.53. The Morgan fingerprint density at radius 1 is 0.848 bits per heavy atom. The quantitative estimate of drug-likeness (QED) is 0.166. The lowest BCUT2D eigenvalue weighted by Gasteiger charge is -2.22. The Hall–Kier alpha value is -3.39. The molecule has 4 aromatic heterocycles. The molecular formula is C26H36ClF3N10O5S. The molecular weight excluding hydrogens is 657 g/mol. The molecule has 46 heavy (non-hydrogen) atoms. The fourth-order valence-corrected chi connectivity index (χ4v) is 6.54. The number of ether oxygens (including phenoxy) is 2. The zero-order valence-corrected chi connectivity index (χ0v) is 26.1. The molecule has 0 radical (unpaired) electrons. The lowest BCUT2D eigenvalue weighted by Crippen LogP contribution is -2.35. The molecule has 0 bridgehead atoms. The van der Waals surface area contributed by atoms with Crippen molar-refractivity contribution in [1.29, 1.82) is 0 Å². The van der Waals surface area contributed by atoms with Crippen LogP contribution >= 0.6 is 11.6 Å². The molecule has 254 valence electrons. The molecule has 6 heterocycles. The molecule has 0 saturated carbocycles. The monoisotopic (exact) mass is 692 g/mol. The Morgan fingerprint density at radius 3 is 1.76 bits per heavy atom. The van der Waals surface area contributed by atoms with Crippen LogP contribution in [0.4, 0.5) is 24.8 Å². The highest BCUT2D eigenvalue weighted by Gasteiger charge is 2.53. The number of rotatable bonds is 6. The highest BCUT2D eigenvalue weighted by atomic mass is 35.5. The number of halogens is 4. The molecule has 0 spiro atoms. The van der Waals surface area contributed by atoms with Gasteiger partial charge in [-0.15, -0.1) is 11.6 Å². The average Bonchev–Trinajstić information content (AvgIpc) is 3.75. The maximum Gasteiger partial charge on any atom is 0.523 e. The van der Waals surface area contributed by atoms with Crippen molar-refractivity contribution in [3.05, 3.63) is 25.3 Å². The van der Waals surface area contributed by atoms with Crippen molar-refractivity contribution in [3.63, 3.8) is 0 Å². The number of aromatic nitrogens is 8. The van der Waals surface area contributed by atoms with E-state index in [0.717, 1.165) is 12.7 Å². The van der Waals surface area contributed by atoms with Crippen molar-refractivity contribution in [2.45, 2.75) is 89.6 Å². The second kappa shape index (κ2) is 13.4. The van der Waals surface area contributed by atoms with Crippen LogP contribution in [0.3, 0.4) is 0 Å². The Morgan fingerprint density at radius 2 is 1.30 bits per heavy atom. The van der Waals surface area contributed by atoms with E-state index < -0.39 is 40.0 Å². The SMILES string of the molecule is C.CC[C@H]1O[C@@H](n2cnc3c(N)ncnc32)[C@@H](OS(=O)(=O)C(F)(F)F)[C@@H]1C.CC[C@H]1O[C@@H](n2cnc3c(N)ncnc32)[C@H](Cl)[C@@H]1C. The summed E-state index contributed by atoms with van der Waals surface area (Å²) in [5.41, 5.74) is 7.61. The molecule has 0 aromatic carbocycles. The van der Waals surface area contributed by atoms with Crippen molar-refractivity contribution in [1.82, 2.24) is 39.0 Å². The zero-order chi connectivity index (χ0) is 32.8. The summed E-state index contributed by atoms with van der Waals surface area (Å²) >= 11 is 6.49. The minimum absolute atomic E-state index is 0. The van der Waals surface area contributed by atoms with Gasteiger partial charge in [-0.3, -0.25) is 13.3 Å². The Labute approximate surface area is 268 Å². The lowest BCUT2D eigenvalue weighted by molar-refractivity contribution is -0.0673. The number of anilines is 2. The lowest BCUT2D eigenvalue weighted by atomic mass is 9.99. The molecule has 2 aliphatic rings. The third-order valence-electron chi connectivity index (χ3n) is 8.02. The second-order valence-electron chi connectivity index (χ2n) is 10.7. The zero-order valence-electron chi connectivity index (χ0n) is 24.5. The number of nitrogen functional groups attached to an aromatic ring is 2. The Kier molecular flexibility index (Phi) is 10.3. The number of fused-ring (bicyclic) bond motifs is 2. The third kappa shape index (κ3) is 6.29. The first-order valence-corrected chi connectivity index (χ1v) is 15.8. The van der Waals surface area contributed by atoms with Crippen LogP contribution in [0.15, 0.2) is 25.3 Å². The smallest absolute Gasteiger partial charge is 0.382 e. The molecule has 0 amide bonds. The van der Waals surface area contributed by atoms with E-state index in [2.05, 4.69) is 47.9 Å². The fraction of sp³-hybridized carbons (Fsp3) is 0.615. The number of hydrogen-bond acceptors (Lipinski definition) is 13. The molecule has 4 aromatic rings. The molecule has 8 atom stereocenters. The van der Waals surface area contributed by atoms with Crippen molar-refractivity contribution < 1.29 is 35.2 Å². The van der Waals surface area contributed by atoms with E-state index in [1.165, 1.54) is 17.2 Å². The predicted molar refractivity (Wildman–Crippen MR) is 162 cm³/mol. The van der Waals surface area contributed by atoms with Gasteiger partial charge in [-0.2, -0.15) is 21.6 Å². The van der Waals surface area contributed by atoms with Gasteiger partial charge >= 0.3 is 15.6 Å². The molecule has 2 saturated heterocycles. The van der Waals surface area contributed by atoms with Crippen LogP contribution in [-0.2, 0) is 23.8 Å². The molecule has 4 N–H and O–H groups in total. The highest BCUT2D eigenvalue weighted by Crippen LogP contribution is 2.42. The fourth-order valence-electron chi connectivity index (χ4n) is 5.52. The minimum Gasteiger partial charge on any atom is -0.382 e. The van der Waals surface area contributed by atoms with Gasteiger partial charge in [0.05, 0.1) is 30.2 Å². The normalized spacial score (nSPS) is 28.3. The molecule has 6 rings (SSSR count). The van der Waals surface area contributed by atoms with Gasteiger partial charge in [-0.25, -0.2) is 29.9 Å². The van der Waals surface area contributed by atoms with Crippen LogP contribution in [0.5, 0.6) is 0 Å². The van der Waals surface area contributed by atoms with E-state index in [4.69, 9.17) is 32.5 Å². The van der Waals surface area contributed by atoms with E-state index in [-0.39, 0.29) is 48.0 Å². The summed E-state index contributed by atoms with van der Waals surface area (Å²) in [6, 6.07) is 0. The molecule has 2 aliphatic heterocycles. The van der Waals surface area contributed by atoms with E-state index in [1.807, 2.05) is 4.57 Å². The van der Waals surface area contributed by atoms with E-state index in [0.29, 0.717) is 23.4 Å². The number of nitrogens with two attached hydrogens (primary N) is 2. The first-order chi connectivity index (χ1) is 21.2. The van der Waals surface area contributed by atoms with Crippen molar-refractivity contribution in [3.8, 4) is 0 Å². The molecule has 20 heteroatoms. The second-order valence-corrected chi connectivity index (χ2v) is 12.8. The summed E-state index contributed by atoms with van der Waals surface area (Å²) in [7, 11) is -5.80. The molecule has 2 fully saturated rings. The first kappa shape index (κ1) is 35.5. The largest absolute Gasteiger partial charge is 0.523 e. The van der Waals surface area contributed by atoms with E-state index in [1.54, 1.807) is 20.2 Å². The van der Waals surface area contributed by atoms with Gasteiger partial charge in [0.1, 0.15) is 29.8 Å². The van der Waals surface area contributed by atoms with Crippen molar-refractivity contribution >= 4 is 55.7 Å². The third-order valence-corrected chi connectivity index (χ3v) is 9.68. The van der Waals surface area contributed by atoms with E-state index in [9.17, 15) is 21.6 Å². The number of hydrogen-bond donors (Lipinski definition) is 2. The van der Waals surface area contributed by atoms with Crippen molar-refractivity contribution in [2.24, 2.45) is 11.8 Å². The Balaban J connectivity index is 0.000000213. The van der Waals surface area contributed by atoms with Crippen LogP contribution in [0.25, 0.3) is 22.3 Å². The maximum absolute atomic E-state index is 12.8. The van der Waals surface area contributed by atoms with Gasteiger partial charge in [0.25, 0.3) is 0 Å². The highest BCUT2D eigenvalue weighted by molar-refractivity contribution is 7.87. The standard InChI is InChI=1S/C13H16F3N5O4S.C12H16ClN5O.CH4/c1-3-7-6(2)9(25-26(22,23)13(14,15)16)12(24-7)21-5-20-8-10(17)18-4-19-11(8)21;1-3-7-6(2)8(13)12(19-7)18-5-17-9-10(14)15-4-16-11(9)18;/h4-7,9,12H,3H2,1-2H3,(H2,17,18,19);4-8,12H,3H2,1-2H3,(H2,14,15,16);1H4/t6-,7-,9+,12-;6-,7-,8-,12-;/m11./s1. The molecule has 15 nitrogen and oxygen atoms in total. The predicted octanol–water partition coefficient (Wildman–Crippen LogP) is 4.18. The number of alkyl halides is 4. The molecule has 0 aliphatic carbocycles. The maximum atomic E-state index is 12.8. The van der Waals surface area contributed by atoms with Gasteiger partial charge in [0.15, 0.2) is 35.4 Å².